The van der Waals surface area contributed by atoms with E-state index in [2.05, 4.69) is 30.9 Å². The Kier molecular flexibility index (Phi) is 6.44. The first-order valence-electron chi connectivity index (χ1n) is 6.69. The molecule has 3 nitrogen and oxygen atoms in total. The van der Waals surface area contributed by atoms with Gasteiger partial charge >= 0.3 is 5.97 Å². The highest BCUT2D eigenvalue weighted by atomic mass is 16.4. The van der Waals surface area contributed by atoms with Crippen molar-refractivity contribution >= 4 is 5.97 Å². The van der Waals surface area contributed by atoms with E-state index in [1.165, 1.54) is 5.56 Å². The first-order chi connectivity index (χ1) is 8.69. The van der Waals surface area contributed by atoms with Gasteiger partial charge in [0.15, 0.2) is 0 Å². The summed E-state index contributed by atoms with van der Waals surface area (Å²) in [5, 5.41) is 9.03. The standard InChI is InChI=1S/C15H23NO2/c1-3-5-11-16(12-15(17)18)14(4-2)13-9-7-6-8-10-13/h6-10,14H,3-5,11-12H2,1-2H3,(H,17,18). The highest BCUT2D eigenvalue weighted by Gasteiger charge is 2.20. The number of aliphatic carboxylic acids is 1. The second-order valence-electron chi connectivity index (χ2n) is 4.55. The van der Waals surface area contributed by atoms with Gasteiger partial charge in [-0.05, 0) is 24.9 Å². The number of hydrogen-bond acceptors (Lipinski definition) is 2. The molecule has 0 aromatic heterocycles. The zero-order chi connectivity index (χ0) is 13.4. The quantitative estimate of drug-likeness (QED) is 0.768. The third-order valence-electron chi connectivity index (χ3n) is 3.15. The van der Waals surface area contributed by atoms with Gasteiger partial charge in [-0.15, -0.1) is 0 Å². The molecule has 1 aromatic carbocycles. The van der Waals surface area contributed by atoms with Crippen LogP contribution in [0.1, 0.15) is 44.7 Å². The van der Waals surface area contributed by atoms with Crippen LogP contribution in [0.2, 0.25) is 0 Å². The van der Waals surface area contributed by atoms with Gasteiger partial charge in [0.2, 0.25) is 0 Å². The van der Waals surface area contributed by atoms with Crippen LogP contribution < -0.4 is 0 Å². The van der Waals surface area contributed by atoms with E-state index in [-0.39, 0.29) is 12.6 Å². The van der Waals surface area contributed by atoms with Crippen LogP contribution in [0.15, 0.2) is 30.3 Å². The minimum absolute atomic E-state index is 0.118. The molecule has 1 aromatic rings. The normalized spacial score (nSPS) is 12.6. The van der Waals surface area contributed by atoms with Gasteiger partial charge in [0.1, 0.15) is 0 Å². The van der Waals surface area contributed by atoms with E-state index in [9.17, 15) is 4.79 Å². The molecule has 1 N–H and O–H groups in total. The lowest BCUT2D eigenvalue weighted by Gasteiger charge is -2.30. The monoisotopic (exact) mass is 249 g/mol. The minimum atomic E-state index is -0.750. The van der Waals surface area contributed by atoms with Crippen molar-refractivity contribution in [3.05, 3.63) is 35.9 Å². The summed E-state index contributed by atoms with van der Waals surface area (Å²) in [6, 6.07) is 10.4. The first-order valence-corrected chi connectivity index (χ1v) is 6.69. The third-order valence-corrected chi connectivity index (χ3v) is 3.15. The average Bonchev–Trinajstić information content (AvgIpc) is 2.37. The fourth-order valence-electron chi connectivity index (χ4n) is 2.26. The summed E-state index contributed by atoms with van der Waals surface area (Å²) < 4.78 is 0. The van der Waals surface area contributed by atoms with Gasteiger partial charge in [-0.25, -0.2) is 0 Å². The molecule has 3 heteroatoms. The zero-order valence-electron chi connectivity index (χ0n) is 11.3. The van der Waals surface area contributed by atoms with Crippen molar-refractivity contribution in [1.29, 1.82) is 0 Å². The van der Waals surface area contributed by atoms with Crippen LogP contribution in [-0.2, 0) is 4.79 Å². The molecular formula is C15H23NO2. The van der Waals surface area contributed by atoms with E-state index in [4.69, 9.17) is 5.11 Å². The summed E-state index contributed by atoms with van der Waals surface area (Å²) in [6.07, 6.45) is 3.05. The zero-order valence-corrected chi connectivity index (χ0v) is 11.3. The van der Waals surface area contributed by atoms with E-state index in [0.29, 0.717) is 0 Å². The van der Waals surface area contributed by atoms with Crippen LogP contribution in [0, 0.1) is 0 Å². The Labute approximate surface area is 109 Å². The molecule has 100 valence electrons. The topological polar surface area (TPSA) is 40.5 Å². The Morgan fingerprint density at radius 2 is 1.94 bits per heavy atom. The maximum absolute atomic E-state index is 11.0. The molecule has 0 saturated carbocycles. The van der Waals surface area contributed by atoms with Gasteiger partial charge in [0.25, 0.3) is 0 Å². The number of hydrogen-bond donors (Lipinski definition) is 1. The Bertz CT molecular complexity index is 351. The Morgan fingerprint density at radius 3 is 2.44 bits per heavy atom. The number of unbranched alkanes of at least 4 members (excludes halogenated alkanes) is 1. The lowest BCUT2D eigenvalue weighted by Crippen LogP contribution is -2.34. The molecule has 0 aliphatic rings. The number of nitrogens with zero attached hydrogens (tertiary/aromatic N) is 1. The molecule has 18 heavy (non-hydrogen) atoms. The smallest absolute Gasteiger partial charge is 0.317 e. The Balaban J connectivity index is 2.82. The summed E-state index contributed by atoms with van der Waals surface area (Å²) >= 11 is 0. The molecule has 0 saturated heterocycles. The summed E-state index contributed by atoms with van der Waals surface area (Å²) in [5.41, 5.74) is 1.21. The van der Waals surface area contributed by atoms with E-state index in [1.54, 1.807) is 0 Å². The van der Waals surface area contributed by atoms with Crippen molar-refractivity contribution in [3.63, 3.8) is 0 Å². The minimum Gasteiger partial charge on any atom is -0.480 e. The molecule has 1 unspecified atom stereocenters. The molecule has 0 heterocycles. The highest BCUT2D eigenvalue weighted by Crippen LogP contribution is 2.24. The van der Waals surface area contributed by atoms with Crippen LogP contribution in [-0.4, -0.2) is 29.1 Å². The van der Waals surface area contributed by atoms with Gasteiger partial charge in [-0.1, -0.05) is 50.6 Å². The van der Waals surface area contributed by atoms with Crippen molar-refractivity contribution in [1.82, 2.24) is 4.90 Å². The van der Waals surface area contributed by atoms with Crippen molar-refractivity contribution in [2.45, 2.75) is 39.2 Å². The van der Waals surface area contributed by atoms with E-state index in [1.807, 2.05) is 18.2 Å². The van der Waals surface area contributed by atoms with Gasteiger partial charge < -0.3 is 5.11 Å². The maximum Gasteiger partial charge on any atom is 0.317 e. The highest BCUT2D eigenvalue weighted by molar-refractivity contribution is 5.69. The number of benzene rings is 1. The summed E-state index contributed by atoms with van der Waals surface area (Å²) in [6.45, 7) is 5.20. The number of carbonyl (C=O) groups is 1. The second-order valence-corrected chi connectivity index (χ2v) is 4.55. The number of carboxylic acid groups (broad SMARTS) is 1. The Hall–Kier alpha value is -1.35. The lowest BCUT2D eigenvalue weighted by molar-refractivity contribution is -0.139. The molecular weight excluding hydrogens is 226 g/mol. The van der Waals surface area contributed by atoms with Crippen LogP contribution in [0.25, 0.3) is 0 Å². The molecule has 1 rings (SSSR count). The fraction of sp³-hybridized carbons (Fsp3) is 0.533. The fourth-order valence-corrected chi connectivity index (χ4v) is 2.26. The van der Waals surface area contributed by atoms with E-state index >= 15 is 0 Å². The summed E-state index contributed by atoms with van der Waals surface area (Å²) in [4.78, 5) is 13.1. The summed E-state index contributed by atoms with van der Waals surface area (Å²) in [5.74, 6) is -0.750. The van der Waals surface area contributed by atoms with Crippen molar-refractivity contribution in [2.24, 2.45) is 0 Å². The van der Waals surface area contributed by atoms with Crippen molar-refractivity contribution < 1.29 is 9.90 Å². The predicted molar refractivity (Wildman–Crippen MR) is 73.6 cm³/mol. The van der Waals surface area contributed by atoms with Crippen LogP contribution >= 0.6 is 0 Å². The lowest BCUT2D eigenvalue weighted by atomic mass is 10.0. The number of rotatable bonds is 8. The van der Waals surface area contributed by atoms with Gasteiger partial charge in [0.05, 0.1) is 6.54 Å². The molecule has 0 amide bonds. The molecule has 0 spiro atoms. The summed E-state index contributed by atoms with van der Waals surface area (Å²) in [7, 11) is 0. The van der Waals surface area contributed by atoms with Gasteiger partial charge in [-0.3, -0.25) is 9.69 Å². The molecule has 0 bridgehead atoms. The third kappa shape index (κ3) is 4.49. The molecule has 1 atom stereocenters. The van der Waals surface area contributed by atoms with Crippen LogP contribution in [0.3, 0.4) is 0 Å². The largest absolute Gasteiger partial charge is 0.480 e. The van der Waals surface area contributed by atoms with Crippen LogP contribution in [0.4, 0.5) is 0 Å². The van der Waals surface area contributed by atoms with Crippen molar-refractivity contribution in [2.75, 3.05) is 13.1 Å². The van der Waals surface area contributed by atoms with Crippen molar-refractivity contribution in [3.8, 4) is 0 Å². The first kappa shape index (κ1) is 14.7. The van der Waals surface area contributed by atoms with Gasteiger partial charge in [-0.2, -0.15) is 0 Å². The average molecular weight is 249 g/mol. The molecule has 0 radical (unpaired) electrons. The Morgan fingerprint density at radius 1 is 1.28 bits per heavy atom. The number of carboxylic acids is 1. The van der Waals surface area contributed by atoms with Gasteiger partial charge in [0, 0.05) is 6.04 Å². The molecule has 0 fully saturated rings. The second kappa shape index (κ2) is 7.88. The van der Waals surface area contributed by atoms with E-state index < -0.39 is 5.97 Å². The SMILES string of the molecule is CCCCN(CC(=O)O)C(CC)c1ccccc1. The maximum atomic E-state index is 11.0. The van der Waals surface area contributed by atoms with Crippen LogP contribution in [0.5, 0.6) is 0 Å². The van der Waals surface area contributed by atoms with E-state index in [0.717, 1.165) is 25.8 Å². The molecule has 0 aliphatic heterocycles. The predicted octanol–water partition coefficient (Wildman–Crippen LogP) is 3.32. The molecule has 0 aliphatic carbocycles.